The van der Waals surface area contributed by atoms with Crippen LogP contribution in [0.1, 0.15) is 42.9 Å². The van der Waals surface area contributed by atoms with Gasteiger partial charge < -0.3 is 35.6 Å². The molecule has 1 heterocycles. The Labute approximate surface area is 266 Å². The molecule has 1 aliphatic rings. The highest BCUT2D eigenvalue weighted by Crippen LogP contribution is 2.18. The van der Waals surface area contributed by atoms with Gasteiger partial charge in [0.25, 0.3) is 0 Å². The van der Waals surface area contributed by atoms with Crippen molar-refractivity contribution in [2.24, 2.45) is 0 Å². The predicted molar refractivity (Wildman–Crippen MR) is 163 cm³/mol. The van der Waals surface area contributed by atoms with Crippen LogP contribution in [0.2, 0.25) is 0 Å². The first kappa shape index (κ1) is 35.2. The van der Waals surface area contributed by atoms with Crippen LogP contribution in [0.25, 0.3) is 0 Å². The molecular formula is C32H39N5O9. The average molecular weight is 638 g/mol. The standard InChI is InChI=1S/C32H39N5O9/c1-37-19-28(40)35-25(32(44)46-3)18-27(39)34-24(16-20-10-6-4-7-11-20)30(42)36-23(21-12-8-5-9-13-21)17-26(38)33-22(31(43)45-2)14-15-29(37)41/h4-13,22-25H,14-19H2,1-3H3,(H,33,38)(H,34,39)(H,35,40)(H,36,42)/t22-,23?,24+,25-/m1/s1. The summed E-state index contributed by atoms with van der Waals surface area (Å²) in [5, 5.41) is 10.5. The molecule has 1 unspecified atom stereocenters. The first-order chi connectivity index (χ1) is 22.0. The Bertz CT molecular complexity index is 1400. The number of likely N-dealkylation sites (N-methyl/N-ethyl adjacent to an activating group) is 1. The highest BCUT2D eigenvalue weighted by Gasteiger charge is 2.31. The van der Waals surface area contributed by atoms with Gasteiger partial charge in [0, 0.05) is 19.9 Å². The van der Waals surface area contributed by atoms with Crippen LogP contribution in [0.4, 0.5) is 0 Å². The van der Waals surface area contributed by atoms with Crippen LogP contribution in [0.3, 0.4) is 0 Å². The lowest BCUT2D eigenvalue weighted by atomic mass is 10.0. The second-order valence-electron chi connectivity index (χ2n) is 10.8. The fourth-order valence-corrected chi connectivity index (χ4v) is 4.88. The van der Waals surface area contributed by atoms with Gasteiger partial charge in [0.05, 0.1) is 39.6 Å². The average Bonchev–Trinajstić information content (AvgIpc) is 3.05. The number of methoxy groups -OCH3 is 2. The van der Waals surface area contributed by atoms with Gasteiger partial charge in [0.1, 0.15) is 18.1 Å². The van der Waals surface area contributed by atoms with Gasteiger partial charge in [-0.2, -0.15) is 0 Å². The lowest BCUT2D eigenvalue weighted by Crippen LogP contribution is -2.52. The molecule has 4 N–H and O–H groups in total. The van der Waals surface area contributed by atoms with Crippen molar-refractivity contribution in [1.82, 2.24) is 26.2 Å². The lowest BCUT2D eigenvalue weighted by molar-refractivity contribution is -0.147. The Hall–Kier alpha value is -5.27. The molecule has 14 nitrogen and oxygen atoms in total. The number of hydrogen-bond acceptors (Lipinski definition) is 9. The maximum atomic E-state index is 13.8. The maximum absolute atomic E-state index is 13.8. The van der Waals surface area contributed by atoms with Gasteiger partial charge in [-0.25, -0.2) is 9.59 Å². The smallest absolute Gasteiger partial charge is 0.328 e. The number of esters is 2. The summed E-state index contributed by atoms with van der Waals surface area (Å²) in [4.78, 5) is 91.9. The summed E-state index contributed by atoms with van der Waals surface area (Å²) >= 11 is 0. The number of carbonyl (C=O) groups excluding carboxylic acids is 7. The second-order valence-corrected chi connectivity index (χ2v) is 10.8. The highest BCUT2D eigenvalue weighted by molar-refractivity contribution is 5.93. The van der Waals surface area contributed by atoms with E-state index in [0.29, 0.717) is 5.56 Å². The molecule has 0 radical (unpaired) electrons. The fourth-order valence-electron chi connectivity index (χ4n) is 4.88. The minimum atomic E-state index is -1.41. The van der Waals surface area contributed by atoms with E-state index >= 15 is 0 Å². The molecule has 0 bridgehead atoms. The number of hydrogen-bond donors (Lipinski definition) is 4. The van der Waals surface area contributed by atoms with E-state index in [9.17, 15) is 33.6 Å². The van der Waals surface area contributed by atoms with Gasteiger partial charge in [-0.1, -0.05) is 60.7 Å². The zero-order valence-corrected chi connectivity index (χ0v) is 25.9. The normalized spacial score (nSPS) is 22.5. The Balaban J connectivity index is 1.99. The van der Waals surface area contributed by atoms with Gasteiger partial charge in [0.15, 0.2) is 0 Å². The zero-order chi connectivity index (χ0) is 33.6. The minimum absolute atomic E-state index is 0.0681. The molecule has 246 valence electrons. The molecular weight excluding hydrogens is 598 g/mol. The summed E-state index contributed by atoms with van der Waals surface area (Å²) < 4.78 is 9.59. The molecule has 1 aliphatic heterocycles. The third kappa shape index (κ3) is 10.7. The molecule has 2 aromatic carbocycles. The molecule has 3 rings (SSSR count). The van der Waals surface area contributed by atoms with Crippen LogP contribution in [0.5, 0.6) is 0 Å². The van der Waals surface area contributed by atoms with E-state index in [4.69, 9.17) is 9.47 Å². The molecule has 4 atom stereocenters. The summed E-state index contributed by atoms with van der Waals surface area (Å²) in [6.45, 7) is -0.471. The molecule has 0 saturated carbocycles. The summed E-state index contributed by atoms with van der Waals surface area (Å²) in [5.74, 6) is -4.91. The van der Waals surface area contributed by atoms with Crippen molar-refractivity contribution in [3.05, 3.63) is 71.8 Å². The van der Waals surface area contributed by atoms with Crippen molar-refractivity contribution in [2.75, 3.05) is 27.8 Å². The van der Waals surface area contributed by atoms with E-state index < -0.39 is 78.6 Å². The Morgan fingerprint density at radius 2 is 1.30 bits per heavy atom. The largest absolute Gasteiger partial charge is 0.467 e. The summed E-state index contributed by atoms with van der Waals surface area (Å²) in [5.41, 5.74) is 1.31. The third-order valence-electron chi connectivity index (χ3n) is 7.33. The van der Waals surface area contributed by atoms with Gasteiger partial charge in [-0.3, -0.25) is 24.0 Å². The SMILES string of the molecule is COC(=O)[C@H]1CCC(=O)N(C)CC(=O)N[C@@H](C(=O)OC)CC(=O)N[C@@H](Cc2ccccc2)C(=O)NC(c2ccccc2)CC(=O)N1. The van der Waals surface area contributed by atoms with E-state index in [1.807, 2.05) is 0 Å². The van der Waals surface area contributed by atoms with Crippen molar-refractivity contribution < 1.29 is 43.0 Å². The maximum Gasteiger partial charge on any atom is 0.328 e. The number of carbonyl (C=O) groups is 7. The van der Waals surface area contributed by atoms with Crippen LogP contribution < -0.4 is 21.3 Å². The fraction of sp³-hybridized carbons (Fsp3) is 0.406. The van der Waals surface area contributed by atoms with Gasteiger partial charge in [0.2, 0.25) is 29.5 Å². The number of amides is 5. The molecule has 46 heavy (non-hydrogen) atoms. The predicted octanol–water partition coefficient (Wildman–Crippen LogP) is -0.0806. The van der Waals surface area contributed by atoms with Gasteiger partial charge in [-0.05, 0) is 17.5 Å². The van der Waals surface area contributed by atoms with Gasteiger partial charge in [-0.15, -0.1) is 0 Å². The Morgan fingerprint density at radius 3 is 1.93 bits per heavy atom. The lowest BCUT2D eigenvalue weighted by Gasteiger charge is -2.25. The Morgan fingerprint density at radius 1 is 0.739 bits per heavy atom. The minimum Gasteiger partial charge on any atom is -0.467 e. The van der Waals surface area contributed by atoms with E-state index in [0.717, 1.165) is 24.7 Å². The van der Waals surface area contributed by atoms with Crippen molar-refractivity contribution in [3.63, 3.8) is 0 Å². The van der Waals surface area contributed by atoms with E-state index in [-0.39, 0.29) is 25.7 Å². The number of ether oxygens (including phenoxy) is 2. The molecule has 1 fully saturated rings. The van der Waals surface area contributed by atoms with Crippen molar-refractivity contribution in [2.45, 2.75) is 56.3 Å². The van der Waals surface area contributed by atoms with E-state index in [1.165, 1.54) is 7.05 Å². The zero-order valence-electron chi connectivity index (χ0n) is 25.9. The van der Waals surface area contributed by atoms with Crippen LogP contribution >= 0.6 is 0 Å². The molecule has 0 aromatic heterocycles. The van der Waals surface area contributed by atoms with Crippen molar-refractivity contribution in [3.8, 4) is 0 Å². The molecule has 14 heteroatoms. The quantitative estimate of drug-likeness (QED) is 0.325. The number of rotatable bonds is 5. The number of nitrogens with one attached hydrogen (secondary N) is 4. The molecule has 0 aliphatic carbocycles. The second kappa shape index (κ2) is 17.3. The van der Waals surface area contributed by atoms with Crippen LogP contribution in [-0.2, 0) is 49.5 Å². The number of nitrogens with zero attached hydrogens (tertiary/aromatic N) is 1. The van der Waals surface area contributed by atoms with E-state index in [1.54, 1.807) is 60.7 Å². The van der Waals surface area contributed by atoms with E-state index in [2.05, 4.69) is 21.3 Å². The van der Waals surface area contributed by atoms with Crippen molar-refractivity contribution >= 4 is 41.5 Å². The third-order valence-corrected chi connectivity index (χ3v) is 7.33. The van der Waals surface area contributed by atoms with Crippen molar-refractivity contribution in [1.29, 1.82) is 0 Å². The number of benzene rings is 2. The molecule has 0 spiro atoms. The first-order valence-corrected chi connectivity index (χ1v) is 14.7. The summed E-state index contributed by atoms with van der Waals surface area (Å²) in [6, 6.07) is 13.0. The highest BCUT2D eigenvalue weighted by atomic mass is 16.5. The van der Waals surface area contributed by atoms with Gasteiger partial charge >= 0.3 is 11.9 Å². The topological polar surface area (TPSA) is 189 Å². The summed E-state index contributed by atoms with van der Waals surface area (Å²) in [7, 11) is 3.60. The molecule has 1 saturated heterocycles. The first-order valence-electron chi connectivity index (χ1n) is 14.7. The van der Waals surface area contributed by atoms with Crippen LogP contribution in [0, 0.1) is 0 Å². The van der Waals surface area contributed by atoms with Crippen LogP contribution in [0.15, 0.2) is 60.7 Å². The molecule has 2 aromatic rings. The Kier molecular flexibility index (Phi) is 13.2. The molecule has 5 amide bonds. The monoisotopic (exact) mass is 637 g/mol. The van der Waals surface area contributed by atoms with Crippen LogP contribution in [-0.4, -0.2) is 92.3 Å². The summed E-state index contributed by atoms with van der Waals surface area (Å²) in [6.07, 6.45) is -1.13.